The molecule has 1 saturated heterocycles. The van der Waals surface area contributed by atoms with E-state index in [9.17, 15) is 22.8 Å². The van der Waals surface area contributed by atoms with Crippen LogP contribution in [-0.4, -0.2) is 67.5 Å². The Kier molecular flexibility index (Phi) is 7.52. The summed E-state index contributed by atoms with van der Waals surface area (Å²) in [5.41, 5.74) is 0.175. The van der Waals surface area contributed by atoms with E-state index in [1.165, 1.54) is 41.3 Å². The zero-order valence-electron chi connectivity index (χ0n) is 17.5. The molecule has 0 saturated carbocycles. The van der Waals surface area contributed by atoms with E-state index in [0.29, 0.717) is 24.5 Å². The fourth-order valence-corrected chi connectivity index (χ4v) is 5.00. The van der Waals surface area contributed by atoms with Crippen LogP contribution in [-0.2, 0) is 19.4 Å². The van der Waals surface area contributed by atoms with Gasteiger partial charge in [0.1, 0.15) is 0 Å². The summed E-state index contributed by atoms with van der Waals surface area (Å²) in [5, 5.41) is 1.01. The summed E-state index contributed by atoms with van der Waals surface area (Å²) in [4.78, 5) is 40.9. The van der Waals surface area contributed by atoms with Gasteiger partial charge in [0.25, 0.3) is 11.8 Å². The van der Waals surface area contributed by atoms with Gasteiger partial charge in [0.05, 0.1) is 4.90 Å². The molecule has 0 radical (unpaired) electrons. The molecule has 32 heavy (non-hydrogen) atoms. The van der Waals surface area contributed by atoms with Gasteiger partial charge in [0.2, 0.25) is 21.1 Å². The van der Waals surface area contributed by atoms with E-state index in [0.717, 1.165) is 0 Å². The van der Waals surface area contributed by atoms with Gasteiger partial charge in [-0.1, -0.05) is 36.7 Å². The lowest BCUT2D eigenvalue weighted by atomic mass is 10.2. The van der Waals surface area contributed by atoms with E-state index in [2.05, 4.69) is 5.32 Å². The van der Waals surface area contributed by atoms with Crippen LogP contribution in [0.3, 0.4) is 0 Å². The van der Waals surface area contributed by atoms with Crippen LogP contribution >= 0.6 is 11.6 Å². The predicted octanol–water partition coefficient (Wildman–Crippen LogP) is 1.95. The van der Waals surface area contributed by atoms with Gasteiger partial charge in [-0.15, -0.1) is 0 Å². The summed E-state index contributed by atoms with van der Waals surface area (Å²) in [6, 6.07) is 13.4. The minimum absolute atomic E-state index is 0.0263. The van der Waals surface area contributed by atoms with E-state index in [4.69, 9.17) is 11.6 Å². The standard InChI is InChI=1S/C22H24ClN3O5S/c1-2-19(27)25-12-14-26(15-13-25)22(29)21(32(30,31)18-6-4-3-5-7-18)24-20(28)16-8-10-17(23)11-9-16/h3-11,21H,2,12-15H2,1H3,(H,24,28)/t21-/m0/s1. The molecule has 10 heteroatoms. The molecule has 0 aromatic heterocycles. The summed E-state index contributed by atoms with van der Waals surface area (Å²) < 4.78 is 26.6. The first kappa shape index (κ1) is 23.7. The van der Waals surface area contributed by atoms with Crippen molar-refractivity contribution in [1.82, 2.24) is 15.1 Å². The van der Waals surface area contributed by atoms with Gasteiger partial charge < -0.3 is 15.1 Å². The van der Waals surface area contributed by atoms with Crippen molar-refractivity contribution >= 4 is 39.2 Å². The molecule has 170 valence electrons. The Bertz CT molecular complexity index is 1080. The lowest BCUT2D eigenvalue weighted by Gasteiger charge is -2.36. The molecule has 8 nitrogen and oxygen atoms in total. The third-order valence-corrected chi connectivity index (χ3v) is 7.34. The minimum Gasteiger partial charge on any atom is -0.339 e. The van der Waals surface area contributed by atoms with Gasteiger partial charge in [-0.2, -0.15) is 0 Å². The van der Waals surface area contributed by atoms with Crippen molar-refractivity contribution in [3.63, 3.8) is 0 Å². The smallest absolute Gasteiger partial charge is 0.261 e. The summed E-state index contributed by atoms with van der Waals surface area (Å²) in [5.74, 6) is -1.47. The second-order valence-corrected chi connectivity index (χ2v) is 9.75. The second-order valence-electron chi connectivity index (χ2n) is 7.28. The molecule has 1 heterocycles. The fraction of sp³-hybridized carbons (Fsp3) is 0.318. The van der Waals surface area contributed by atoms with Gasteiger partial charge in [-0.25, -0.2) is 8.42 Å². The second kappa shape index (κ2) is 10.1. The lowest BCUT2D eigenvalue weighted by molar-refractivity contribution is -0.139. The molecular formula is C22H24ClN3O5S. The number of rotatable bonds is 6. The molecule has 3 amide bonds. The zero-order chi connectivity index (χ0) is 23.3. The topological polar surface area (TPSA) is 104 Å². The third kappa shape index (κ3) is 5.28. The van der Waals surface area contributed by atoms with E-state index in [1.807, 2.05) is 0 Å². The van der Waals surface area contributed by atoms with Crippen LogP contribution in [0.5, 0.6) is 0 Å². The summed E-state index contributed by atoms with van der Waals surface area (Å²) in [7, 11) is -4.23. The van der Waals surface area contributed by atoms with Crippen molar-refractivity contribution in [2.75, 3.05) is 26.2 Å². The number of amides is 3. The Balaban J connectivity index is 1.87. The largest absolute Gasteiger partial charge is 0.339 e. The van der Waals surface area contributed by atoms with Crippen molar-refractivity contribution in [2.45, 2.75) is 23.6 Å². The number of nitrogens with one attached hydrogen (secondary N) is 1. The third-order valence-electron chi connectivity index (χ3n) is 5.22. The molecule has 1 fully saturated rings. The normalized spacial score (nSPS) is 15.2. The van der Waals surface area contributed by atoms with Gasteiger partial charge >= 0.3 is 0 Å². The molecule has 2 aromatic carbocycles. The van der Waals surface area contributed by atoms with Crippen molar-refractivity contribution in [1.29, 1.82) is 0 Å². The number of nitrogens with zero attached hydrogens (tertiary/aromatic N) is 2. The first-order chi connectivity index (χ1) is 15.2. The number of carbonyl (C=O) groups excluding carboxylic acids is 3. The Morgan fingerprint density at radius 1 is 0.938 bits per heavy atom. The maximum atomic E-state index is 13.3. The number of benzene rings is 2. The Labute approximate surface area is 192 Å². The maximum Gasteiger partial charge on any atom is 0.261 e. The highest BCUT2D eigenvalue weighted by molar-refractivity contribution is 7.92. The van der Waals surface area contributed by atoms with Gasteiger partial charge in [0.15, 0.2) is 0 Å². The summed E-state index contributed by atoms with van der Waals surface area (Å²) in [6.45, 7) is 2.74. The van der Waals surface area contributed by atoms with Crippen LogP contribution < -0.4 is 5.32 Å². The minimum atomic E-state index is -4.23. The highest BCUT2D eigenvalue weighted by Crippen LogP contribution is 2.18. The molecule has 2 aromatic rings. The number of halogens is 1. The number of hydrogen-bond acceptors (Lipinski definition) is 5. The molecule has 3 rings (SSSR count). The van der Waals surface area contributed by atoms with Crippen LogP contribution in [0, 0.1) is 0 Å². The van der Waals surface area contributed by atoms with Crippen molar-refractivity contribution < 1.29 is 22.8 Å². The molecular weight excluding hydrogens is 454 g/mol. The van der Waals surface area contributed by atoms with E-state index < -0.39 is 27.0 Å². The fourth-order valence-electron chi connectivity index (χ4n) is 3.39. The van der Waals surface area contributed by atoms with Crippen LogP contribution in [0.15, 0.2) is 59.5 Å². The van der Waals surface area contributed by atoms with Gasteiger partial charge in [-0.3, -0.25) is 14.4 Å². The van der Waals surface area contributed by atoms with E-state index >= 15 is 0 Å². The zero-order valence-corrected chi connectivity index (χ0v) is 19.1. The monoisotopic (exact) mass is 477 g/mol. The number of sulfone groups is 1. The molecule has 0 aliphatic carbocycles. The average molecular weight is 478 g/mol. The van der Waals surface area contributed by atoms with Crippen LogP contribution in [0.2, 0.25) is 5.02 Å². The Hall–Kier alpha value is -2.91. The Morgan fingerprint density at radius 3 is 2.06 bits per heavy atom. The number of carbonyl (C=O) groups is 3. The van der Waals surface area contributed by atoms with Gasteiger partial charge in [-0.05, 0) is 36.4 Å². The SMILES string of the molecule is CCC(=O)N1CCN(C(=O)[C@@H](NC(=O)c2ccc(Cl)cc2)S(=O)(=O)c2ccccc2)CC1. The number of piperazine rings is 1. The van der Waals surface area contributed by atoms with Crippen LogP contribution in [0.1, 0.15) is 23.7 Å². The Morgan fingerprint density at radius 2 is 1.50 bits per heavy atom. The molecule has 1 N–H and O–H groups in total. The van der Waals surface area contributed by atoms with Gasteiger partial charge in [0, 0.05) is 43.2 Å². The highest BCUT2D eigenvalue weighted by atomic mass is 35.5. The molecule has 1 aliphatic heterocycles. The first-order valence-electron chi connectivity index (χ1n) is 10.2. The molecule has 1 atom stereocenters. The molecule has 1 aliphatic rings. The maximum absolute atomic E-state index is 13.3. The average Bonchev–Trinajstić information content (AvgIpc) is 2.82. The number of hydrogen-bond donors (Lipinski definition) is 1. The van der Waals surface area contributed by atoms with Crippen LogP contribution in [0.4, 0.5) is 0 Å². The summed E-state index contributed by atoms with van der Waals surface area (Å²) in [6.07, 6.45) is 0.357. The van der Waals surface area contributed by atoms with E-state index in [1.54, 1.807) is 30.0 Å². The first-order valence-corrected chi connectivity index (χ1v) is 12.1. The van der Waals surface area contributed by atoms with Crippen LogP contribution in [0.25, 0.3) is 0 Å². The summed E-state index contributed by atoms with van der Waals surface area (Å²) >= 11 is 5.85. The van der Waals surface area contributed by atoms with E-state index in [-0.39, 0.29) is 29.5 Å². The molecule has 0 bridgehead atoms. The predicted molar refractivity (Wildman–Crippen MR) is 120 cm³/mol. The highest BCUT2D eigenvalue weighted by Gasteiger charge is 2.39. The molecule has 0 spiro atoms. The van der Waals surface area contributed by atoms with Crippen molar-refractivity contribution in [2.24, 2.45) is 0 Å². The quantitative estimate of drug-likeness (QED) is 0.684. The van der Waals surface area contributed by atoms with Crippen molar-refractivity contribution in [3.05, 3.63) is 65.2 Å². The molecule has 0 unspecified atom stereocenters. The lowest BCUT2D eigenvalue weighted by Crippen LogP contribution is -2.57. The van der Waals surface area contributed by atoms with Crippen molar-refractivity contribution in [3.8, 4) is 0 Å².